The minimum atomic E-state index is -0.537. The minimum absolute atomic E-state index is 0. The minimum Gasteiger partial charge on any atom is -0.360 e. The number of hydrogen-bond donors (Lipinski definition) is 1. The van der Waals surface area contributed by atoms with E-state index in [0.29, 0.717) is 24.8 Å². The predicted octanol–water partition coefficient (Wildman–Crippen LogP) is 4.06. The zero-order chi connectivity index (χ0) is 18.1. The average molecular weight is 402 g/mol. The van der Waals surface area contributed by atoms with Gasteiger partial charge in [-0.25, -0.2) is 4.39 Å². The number of likely N-dealkylation sites (tertiary alicyclic amines) is 1. The Balaban J connectivity index is 0.00000243. The second-order valence-electron chi connectivity index (χ2n) is 6.55. The van der Waals surface area contributed by atoms with Crippen LogP contribution in [0.3, 0.4) is 0 Å². The van der Waals surface area contributed by atoms with Crippen LogP contribution in [0.2, 0.25) is 5.02 Å². The van der Waals surface area contributed by atoms with Crippen molar-refractivity contribution in [2.75, 3.05) is 13.1 Å². The third-order valence-electron chi connectivity index (χ3n) is 4.85. The van der Waals surface area contributed by atoms with Crippen LogP contribution >= 0.6 is 24.0 Å². The molecule has 0 saturated carbocycles. The van der Waals surface area contributed by atoms with Gasteiger partial charge in [0.2, 0.25) is 0 Å². The molecule has 2 aromatic rings. The van der Waals surface area contributed by atoms with Crippen molar-refractivity contribution >= 4 is 29.9 Å². The molecule has 1 aliphatic heterocycles. The molecule has 0 aliphatic carbocycles. The van der Waals surface area contributed by atoms with Crippen LogP contribution in [-0.4, -0.2) is 35.1 Å². The zero-order valence-corrected chi connectivity index (χ0v) is 16.2. The fourth-order valence-corrected chi connectivity index (χ4v) is 3.56. The number of rotatable bonds is 3. The number of aromatic nitrogens is 1. The van der Waals surface area contributed by atoms with Gasteiger partial charge in [-0.2, -0.15) is 0 Å². The molecule has 26 heavy (non-hydrogen) atoms. The van der Waals surface area contributed by atoms with Gasteiger partial charge in [-0.3, -0.25) is 4.79 Å². The normalized spacial score (nSPS) is 16.3. The topological polar surface area (TPSA) is 72.4 Å². The SMILES string of the molecule is Cc1onc(-c2c(F)cccc2Cl)c1C(=O)N1CCC(C(C)N)CC1.Cl. The van der Waals surface area contributed by atoms with E-state index in [1.807, 2.05) is 6.92 Å². The van der Waals surface area contributed by atoms with Gasteiger partial charge in [0.05, 0.1) is 10.6 Å². The highest BCUT2D eigenvalue weighted by atomic mass is 35.5. The Hall–Kier alpha value is -1.63. The monoisotopic (exact) mass is 401 g/mol. The zero-order valence-electron chi connectivity index (χ0n) is 14.7. The van der Waals surface area contributed by atoms with Gasteiger partial charge in [0, 0.05) is 19.1 Å². The number of piperidine rings is 1. The Morgan fingerprint density at radius 3 is 2.65 bits per heavy atom. The summed E-state index contributed by atoms with van der Waals surface area (Å²) in [6.07, 6.45) is 1.70. The van der Waals surface area contributed by atoms with Crippen LogP contribution in [0.15, 0.2) is 22.7 Å². The standard InChI is InChI=1S/C18H21ClFN3O2.ClH/c1-10(21)12-6-8-23(9-7-12)18(24)15-11(2)25-22-17(15)16-13(19)4-3-5-14(16)20;/h3-5,10,12H,6-9,21H2,1-2H3;1H. The van der Waals surface area contributed by atoms with Crippen LogP contribution in [0.1, 0.15) is 35.9 Å². The second kappa shape index (κ2) is 8.37. The van der Waals surface area contributed by atoms with Crippen molar-refractivity contribution < 1.29 is 13.7 Å². The molecule has 0 bridgehead atoms. The van der Waals surface area contributed by atoms with Gasteiger partial charge in [0.25, 0.3) is 5.91 Å². The number of carbonyl (C=O) groups is 1. The highest BCUT2D eigenvalue weighted by Crippen LogP contribution is 2.34. The van der Waals surface area contributed by atoms with Gasteiger partial charge >= 0.3 is 0 Å². The largest absolute Gasteiger partial charge is 0.360 e. The smallest absolute Gasteiger partial charge is 0.259 e. The number of nitrogens with two attached hydrogens (primary N) is 1. The summed E-state index contributed by atoms with van der Waals surface area (Å²) in [5.41, 5.74) is 6.47. The first-order valence-electron chi connectivity index (χ1n) is 8.35. The van der Waals surface area contributed by atoms with Crippen LogP contribution in [0, 0.1) is 18.7 Å². The molecule has 8 heteroatoms. The molecule has 1 aromatic heterocycles. The molecular weight excluding hydrogens is 380 g/mol. The molecule has 3 rings (SSSR count). The highest BCUT2D eigenvalue weighted by molar-refractivity contribution is 6.33. The van der Waals surface area contributed by atoms with Crippen molar-refractivity contribution in [3.8, 4) is 11.3 Å². The van der Waals surface area contributed by atoms with Crippen LogP contribution in [0.4, 0.5) is 4.39 Å². The number of hydrogen-bond acceptors (Lipinski definition) is 4. The molecule has 1 aromatic carbocycles. The Morgan fingerprint density at radius 1 is 1.42 bits per heavy atom. The molecule has 1 saturated heterocycles. The molecule has 2 N–H and O–H groups in total. The lowest BCUT2D eigenvalue weighted by Gasteiger charge is -2.33. The summed E-state index contributed by atoms with van der Waals surface area (Å²) in [4.78, 5) is 14.8. The molecular formula is C18H22Cl2FN3O2. The summed E-state index contributed by atoms with van der Waals surface area (Å²) < 4.78 is 19.5. The van der Waals surface area contributed by atoms with E-state index in [-0.39, 0.29) is 46.2 Å². The highest BCUT2D eigenvalue weighted by Gasteiger charge is 2.31. The third-order valence-corrected chi connectivity index (χ3v) is 5.16. The summed E-state index contributed by atoms with van der Waals surface area (Å²) in [5, 5.41) is 4.09. The Kier molecular flexibility index (Phi) is 6.66. The maximum Gasteiger partial charge on any atom is 0.259 e. The van der Waals surface area contributed by atoms with Gasteiger partial charge in [-0.15, -0.1) is 12.4 Å². The van der Waals surface area contributed by atoms with E-state index in [0.717, 1.165) is 12.8 Å². The van der Waals surface area contributed by atoms with E-state index in [1.54, 1.807) is 17.9 Å². The maximum atomic E-state index is 14.3. The number of amides is 1. The Bertz CT molecular complexity index is 766. The number of benzene rings is 1. The fourth-order valence-electron chi connectivity index (χ4n) is 3.31. The van der Waals surface area contributed by atoms with Crippen molar-refractivity contribution in [1.82, 2.24) is 10.1 Å². The van der Waals surface area contributed by atoms with E-state index in [2.05, 4.69) is 5.16 Å². The summed E-state index contributed by atoms with van der Waals surface area (Å²) >= 11 is 6.13. The van der Waals surface area contributed by atoms with Crippen LogP contribution in [-0.2, 0) is 0 Å². The number of carbonyl (C=O) groups excluding carboxylic acids is 1. The fraction of sp³-hybridized carbons (Fsp3) is 0.444. The van der Waals surface area contributed by atoms with E-state index < -0.39 is 5.82 Å². The lowest BCUT2D eigenvalue weighted by molar-refractivity contribution is 0.0680. The van der Waals surface area contributed by atoms with Crippen molar-refractivity contribution in [3.63, 3.8) is 0 Å². The molecule has 5 nitrogen and oxygen atoms in total. The van der Waals surface area contributed by atoms with Crippen LogP contribution < -0.4 is 5.73 Å². The van der Waals surface area contributed by atoms with Crippen molar-refractivity contribution in [3.05, 3.63) is 40.4 Å². The first-order chi connectivity index (χ1) is 11.9. The van der Waals surface area contributed by atoms with Crippen molar-refractivity contribution in [1.29, 1.82) is 0 Å². The molecule has 1 aliphatic rings. The summed E-state index contributed by atoms with van der Waals surface area (Å²) in [6, 6.07) is 4.47. The summed E-state index contributed by atoms with van der Waals surface area (Å²) in [5.74, 6) is 0.0171. The van der Waals surface area contributed by atoms with Gasteiger partial charge in [0.1, 0.15) is 22.8 Å². The summed E-state index contributed by atoms with van der Waals surface area (Å²) in [6.45, 7) is 4.86. The molecule has 0 spiro atoms. The van der Waals surface area contributed by atoms with E-state index in [4.69, 9.17) is 21.9 Å². The molecule has 1 atom stereocenters. The average Bonchev–Trinajstić information content (AvgIpc) is 2.95. The first-order valence-corrected chi connectivity index (χ1v) is 8.73. The Labute approximate surface area is 163 Å². The molecule has 0 radical (unpaired) electrons. The number of nitrogens with zero attached hydrogens (tertiary/aromatic N) is 2. The first kappa shape index (κ1) is 20.7. The number of aryl methyl sites for hydroxylation is 1. The Morgan fingerprint density at radius 2 is 2.08 bits per heavy atom. The van der Waals surface area contributed by atoms with E-state index >= 15 is 0 Å². The number of halogens is 3. The molecule has 142 valence electrons. The predicted molar refractivity (Wildman–Crippen MR) is 101 cm³/mol. The van der Waals surface area contributed by atoms with E-state index in [9.17, 15) is 9.18 Å². The third kappa shape index (κ3) is 3.87. The van der Waals surface area contributed by atoms with Gasteiger partial charge in [-0.05, 0) is 44.7 Å². The molecule has 2 heterocycles. The lowest BCUT2D eigenvalue weighted by atomic mass is 9.90. The molecule has 1 amide bonds. The van der Waals surface area contributed by atoms with Crippen LogP contribution in [0.5, 0.6) is 0 Å². The van der Waals surface area contributed by atoms with Gasteiger partial charge in [0.15, 0.2) is 0 Å². The second-order valence-corrected chi connectivity index (χ2v) is 6.95. The quantitative estimate of drug-likeness (QED) is 0.841. The van der Waals surface area contributed by atoms with Gasteiger partial charge < -0.3 is 15.2 Å². The van der Waals surface area contributed by atoms with E-state index in [1.165, 1.54) is 12.1 Å². The maximum absolute atomic E-state index is 14.3. The summed E-state index contributed by atoms with van der Waals surface area (Å²) in [7, 11) is 0. The van der Waals surface area contributed by atoms with Crippen molar-refractivity contribution in [2.24, 2.45) is 11.7 Å². The molecule has 1 unspecified atom stereocenters. The lowest BCUT2D eigenvalue weighted by Crippen LogP contribution is -2.42. The van der Waals surface area contributed by atoms with Gasteiger partial charge in [-0.1, -0.05) is 22.8 Å². The molecule has 1 fully saturated rings. The van der Waals surface area contributed by atoms with Crippen LogP contribution in [0.25, 0.3) is 11.3 Å². The van der Waals surface area contributed by atoms with Crippen molar-refractivity contribution in [2.45, 2.75) is 32.7 Å².